The Bertz CT molecular complexity index is 602. The van der Waals surface area contributed by atoms with E-state index in [0.717, 1.165) is 16.8 Å². The molecule has 0 radical (unpaired) electrons. The van der Waals surface area contributed by atoms with Crippen molar-refractivity contribution >= 4 is 28.9 Å². The van der Waals surface area contributed by atoms with Crippen molar-refractivity contribution in [1.82, 2.24) is 5.43 Å². The van der Waals surface area contributed by atoms with Gasteiger partial charge in [0.15, 0.2) is 0 Å². The topological polar surface area (TPSA) is 24.4 Å². The van der Waals surface area contributed by atoms with Crippen LogP contribution in [0.2, 0.25) is 10.0 Å². The summed E-state index contributed by atoms with van der Waals surface area (Å²) in [6.07, 6.45) is 0. The van der Waals surface area contributed by atoms with Crippen molar-refractivity contribution in [3.05, 3.63) is 69.7 Å². The molecule has 2 aromatic carbocycles. The van der Waals surface area contributed by atoms with Gasteiger partial charge in [-0.15, -0.1) is 0 Å². The highest BCUT2D eigenvalue weighted by atomic mass is 35.5. The number of hydrogen-bond donors (Lipinski definition) is 1. The molecule has 0 saturated carbocycles. The summed E-state index contributed by atoms with van der Waals surface area (Å²) in [5, 5.41) is 5.82. The lowest BCUT2D eigenvalue weighted by Gasteiger charge is -2.12. The minimum atomic E-state index is 0.321. The van der Waals surface area contributed by atoms with Gasteiger partial charge in [-0.05, 0) is 23.6 Å². The van der Waals surface area contributed by atoms with E-state index in [1.807, 2.05) is 36.4 Å². The Kier molecular flexibility index (Phi) is 5.66. The van der Waals surface area contributed by atoms with Crippen LogP contribution in [0.5, 0.6) is 0 Å². The van der Waals surface area contributed by atoms with Gasteiger partial charge in [-0.1, -0.05) is 73.4 Å². The Hall–Kier alpha value is -1.51. The zero-order chi connectivity index (χ0) is 15.2. The minimum absolute atomic E-state index is 0.321. The summed E-state index contributed by atoms with van der Waals surface area (Å²) >= 11 is 12.3. The molecular formula is C17H18Cl2N2. The monoisotopic (exact) mass is 320 g/mol. The Balaban J connectivity index is 2.15. The molecule has 0 aliphatic heterocycles. The predicted molar refractivity (Wildman–Crippen MR) is 91.1 cm³/mol. The maximum atomic E-state index is 6.15. The van der Waals surface area contributed by atoms with Crippen LogP contribution in [0.4, 0.5) is 0 Å². The van der Waals surface area contributed by atoms with E-state index in [1.54, 1.807) is 0 Å². The number of rotatable bonds is 5. The number of hydrazone groups is 1. The van der Waals surface area contributed by atoms with E-state index < -0.39 is 0 Å². The van der Waals surface area contributed by atoms with Crippen molar-refractivity contribution in [3.63, 3.8) is 0 Å². The highest BCUT2D eigenvalue weighted by Crippen LogP contribution is 2.23. The van der Waals surface area contributed by atoms with Crippen LogP contribution in [0.3, 0.4) is 0 Å². The molecule has 0 saturated heterocycles. The van der Waals surface area contributed by atoms with Gasteiger partial charge < -0.3 is 5.43 Å². The van der Waals surface area contributed by atoms with Crippen LogP contribution in [0.1, 0.15) is 25.0 Å². The molecule has 21 heavy (non-hydrogen) atoms. The first kappa shape index (κ1) is 15.9. The van der Waals surface area contributed by atoms with E-state index in [4.69, 9.17) is 23.2 Å². The van der Waals surface area contributed by atoms with Crippen molar-refractivity contribution in [2.75, 3.05) is 0 Å². The van der Waals surface area contributed by atoms with Crippen LogP contribution in [-0.2, 0) is 6.54 Å². The van der Waals surface area contributed by atoms with E-state index in [-0.39, 0.29) is 0 Å². The number of halogens is 2. The molecule has 0 bridgehead atoms. The molecule has 0 aromatic heterocycles. The second kappa shape index (κ2) is 7.48. The lowest BCUT2D eigenvalue weighted by atomic mass is 10.0. The van der Waals surface area contributed by atoms with Crippen LogP contribution < -0.4 is 5.43 Å². The van der Waals surface area contributed by atoms with Crippen LogP contribution in [0.25, 0.3) is 0 Å². The summed E-state index contributed by atoms with van der Waals surface area (Å²) in [7, 11) is 0. The second-order valence-corrected chi connectivity index (χ2v) is 5.87. The molecule has 4 heteroatoms. The normalized spacial score (nSPS) is 11.8. The van der Waals surface area contributed by atoms with Crippen molar-refractivity contribution in [1.29, 1.82) is 0 Å². The fourth-order valence-electron chi connectivity index (χ4n) is 2.04. The van der Waals surface area contributed by atoms with Crippen molar-refractivity contribution in [2.45, 2.75) is 20.4 Å². The number of benzene rings is 2. The molecule has 1 N–H and O–H groups in total. The summed E-state index contributed by atoms with van der Waals surface area (Å²) in [5.74, 6) is 0.321. The molecule has 0 amide bonds. The Labute approximate surface area is 135 Å². The molecule has 110 valence electrons. The second-order valence-electron chi connectivity index (χ2n) is 5.05. The third kappa shape index (κ3) is 4.23. The van der Waals surface area contributed by atoms with Gasteiger partial charge in [0, 0.05) is 15.6 Å². The molecule has 0 unspecified atom stereocenters. The zero-order valence-electron chi connectivity index (χ0n) is 12.1. The summed E-state index contributed by atoms with van der Waals surface area (Å²) in [6.45, 7) is 4.74. The van der Waals surface area contributed by atoms with E-state index in [9.17, 15) is 0 Å². The van der Waals surface area contributed by atoms with Crippen LogP contribution in [-0.4, -0.2) is 5.71 Å². The molecule has 2 nitrogen and oxygen atoms in total. The Morgan fingerprint density at radius 1 is 1.00 bits per heavy atom. The predicted octanol–water partition coefficient (Wildman–Crippen LogP) is 5.14. The van der Waals surface area contributed by atoms with Crippen molar-refractivity contribution in [3.8, 4) is 0 Å². The molecule has 0 heterocycles. The van der Waals surface area contributed by atoms with E-state index >= 15 is 0 Å². The average Bonchev–Trinajstić information content (AvgIpc) is 2.46. The van der Waals surface area contributed by atoms with Crippen LogP contribution >= 0.6 is 23.2 Å². The molecule has 0 aliphatic carbocycles. The van der Waals surface area contributed by atoms with E-state index in [1.165, 1.54) is 0 Å². The summed E-state index contributed by atoms with van der Waals surface area (Å²) < 4.78 is 0. The molecule has 2 aromatic rings. The largest absolute Gasteiger partial charge is 0.305 e. The van der Waals surface area contributed by atoms with Gasteiger partial charge in [-0.3, -0.25) is 0 Å². The number of nitrogens with one attached hydrogen (secondary N) is 1. The van der Waals surface area contributed by atoms with E-state index in [0.29, 0.717) is 22.5 Å². The third-order valence-electron chi connectivity index (χ3n) is 3.13. The summed E-state index contributed by atoms with van der Waals surface area (Å²) in [4.78, 5) is 0. The van der Waals surface area contributed by atoms with Gasteiger partial charge in [-0.25, -0.2) is 0 Å². The SMILES string of the molecule is CC(C)/C(=N/NCc1c(Cl)cccc1Cl)c1ccccc1. The third-order valence-corrected chi connectivity index (χ3v) is 3.84. The Morgan fingerprint density at radius 2 is 1.62 bits per heavy atom. The quantitative estimate of drug-likeness (QED) is 0.598. The minimum Gasteiger partial charge on any atom is -0.305 e. The highest BCUT2D eigenvalue weighted by molar-refractivity contribution is 6.35. The van der Waals surface area contributed by atoms with Crippen LogP contribution in [0.15, 0.2) is 53.6 Å². The fourth-order valence-corrected chi connectivity index (χ4v) is 2.57. The van der Waals surface area contributed by atoms with Crippen molar-refractivity contribution in [2.24, 2.45) is 11.0 Å². The highest BCUT2D eigenvalue weighted by Gasteiger charge is 2.09. The molecule has 2 rings (SSSR count). The van der Waals surface area contributed by atoms with Crippen molar-refractivity contribution < 1.29 is 0 Å². The first-order valence-corrected chi connectivity index (χ1v) is 7.64. The summed E-state index contributed by atoms with van der Waals surface area (Å²) in [5.41, 5.74) is 6.07. The van der Waals surface area contributed by atoms with Gasteiger partial charge >= 0.3 is 0 Å². The fraction of sp³-hybridized carbons (Fsp3) is 0.235. The van der Waals surface area contributed by atoms with Gasteiger partial charge in [0.2, 0.25) is 0 Å². The molecule has 0 spiro atoms. The van der Waals surface area contributed by atoms with E-state index in [2.05, 4.69) is 36.5 Å². The Morgan fingerprint density at radius 3 is 2.19 bits per heavy atom. The van der Waals surface area contributed by atoms with Gasteiger partial charge in [-0.2, -0.15) is 5.10 Å². The molecule has 0 fully saturated rings. The standard InChI is InChI=1S/C17H18Cl2N2/c1-12(2)17(13-7-4-3-5-8-13)21-20-11-14-15(18)9-6-10-16(14)19/h3-10,12,20H,11H2,1-2H3/b21-17-. The molecule has 0 atom stereocenters. The molecular weight excluding hydrogens is 303 g/mol. The van der Waals surface area contributed by atoms with Gasteiger partial charge in [0.1, 0.15) is 0 Å². The van der Waals surface area contributed by atoms with Gasteiger partial charge in [0.05, 0.1) is 12.3 Å². The molecule has 0 aliphatic rings. The van der Waals surface area contributed by atoms with Gasteiger partial charge in [0.25, 0.3) is 0 Å². The van der Waals surface area contributed by atoms with Crippen LogP contribution in [0, 0.1) is 5.92 Å². The summed E-state index contributed by atoms with van der Waals surface area (Å²) in [6, 6.07) is 15.6. The first-order valence-electron chi connectivity index (χ1n) is 6.88. The smallest absolute Gasteiger partial charge is 0.0700 e. The number of hydrogen-bond acceptors (Lipinski definition) is 2. The lowest BCUT2D eigenvalue weighted by Crippen LogP contribution is -2.16. The maximum Gasteiger partial charge on any atom is 0.0700 e. The first-order chi connectivity index (χ1) is 10.1. The zero-order valence-corrected chi connectivity index (χ0v) is 13.6. The number of nitrogens with zero attached hydrogens (tertiary/aromatic N) is 1. The average molecular weight is 321 g/mol. The maximum absolute atomic E-state index is 6.15. The lowest BCUT2D eigenvalue weighted by molar-refractivity contribution is 0.727.